The molecule has 1 aromatic carbocycles. The van der Waals surface area contributed by atoms with Crippen LogP contribution in [0.25, 0.3) is 0 Å². The third-order valence-electron chi connectivity index (χ3n) is 6.15. The van der Waals surface area contributed by atoms with Crippen molar-refractivity contribution in [2.45, 2.75) is 52.2 Å². The molecule has 2 N–H and O–H groups in total. The number of amides is 2. The van der Waals surface area contributed by atoms with Crippen molar-refractivity contribution in [3.63, 3.8) is 0 Å². The van der Waals surface area contributed by atoms with Gasteiger partial charge in [-0.2, -0.15) is 0 Å². The van der Waals surface area contributed by atoms with Gasteiger partial charge in [0, 0.05) is 19.6 Å². The van der Waals surface area contributed by atoms with Crippen LogP contribution in [0, 0.1) is 17.8 Å². The van der Waals surface area contributed by atoms with Gasteiger partial charge in [0.05, 0.1) is 13.0 Å². The van der Waals surface area contributed by atoms with Crippen molar-refractivity contribution in [3.05, 3.63) is 23.8 Å². The lowest BCUT2D eigenvalue weighted by atomic mass is 9.80. The van der Waals surface area contributed by atoms with E-state index in [1.165, 1.54) is 13.2 Å². The molecule has 29 heavy (non-hydrogen) atoms. The van der Waals surface area contributed by atoms with Crippen molar-refractivity contribution in [3.8, 4) is 11.5 Å². The Bertz CT molecular complexity index is 722. The average molecular weight is 405 g/mol. The SMILES string of the molecule is COc1cc(CNC(=O)C2CN(C(=O)O[C@H]3CC[C@@H](C(C)C)CC3)C2)ccc1O. The first-order valence-corrected chi connectivity index (χ1v) is 10.5. The molecule has 2 aliphatic rings. The van der Waals surface area contributed by atoms with Crippen molar-refractivity contribution in [2.24, 2.45) is 17.8 Å². The Kier molecular flexibility index (Phi) is 6.87. The fourth-order valence-electron chi connectivity index (χ4n) is 4.05. The highest BCUT2D eigenvalue weighted by Gasteiger charge is 2.37. The number of phenolic OH excluding ortho intramolecular Hbond substituents is 1. The van der Waals surface area contributed by atoms with Crippen LogP contribution in [0.4, 0.5) is 4.79 Å². The lowest BCUT2D eigenvalue weighted by Gasteiger charge is -2.39. The van der Waals surface area contributed by atoms with Crippen LogP contribution in [0.3, 0.4) is 0 Å². The monoisotopic (exact) mass is 404 g/mol. The first-order valence-electron chi connectivity index (χ1n) is 10.5. The number of benzene rings is 1. The van der Waals surface area contributed by atoms with E-state index in [4.69, 9.17) is 9.47 Å². The second-order valence-electron chi connectivity index (χ2n) is 8.49. The zero-order valence-corrected chi connectivity index (χ0v) is 17.5. The molecule has 7 nitrogen and oxygen atoms in total. The number of hydrogen-bond acceptors (Lipinski definition) is 5. The van der Waals surface area contributed by atoms with Crippen molar-refractivity contribution in [1.29, 1.82) is 0 Å². The average Bonchev–Trinajstić information content (AvgIpc) is 2.66. The fourth-order valence-corrected chi connectivity index (χ4v) is 4.05. The normalized spacial score (nSPS) is 22.1. The number of phenols is 1. The Morgan fingerprint density at radius 2 is 1.90 bits per heavy atom. The molecule has 1 saturated carbocycles. The summed E-state index contributed by atoms with van der Waals surface area (Å²) in [6, 6.07) is 4.96. The number of carbonyl (C=O) groups excluding carboxylic acids is 2. The summed E-state index contributed by atoms with van der Waals surface area (Å²) < 4.78 is 10.7. The van der Waals surface area contributed by atoms with Crippen molar-refractivity contribution in [2.75, 3.05) is 20.2 Å². The summed E-state index contributed by atoms with van der Waals surface area (Å²) in [4.78, 5) is 26.2. The van der Waals surface area contributed by atoms with Gasteiger partial charge in [-0.3, -0.25) is 4.79 Å². The molecule has 160 valence electrons. The molecule has 2 fully saturated rings. The maximum Gasteiger partial charge on any atom is 0.410 e. The highest BCUT2D eigenvalue weighted by Crippen LogP contribution is 2.32. The van der Waals surface area contributed by atoms with Crippen LogP contribution >= 0.6 is 0 Å². The number of nitrogens with zero attached hydrogens (tertiary/aromatic N) is 1. The number of methoxy groups -OCH3 is 1. The number of rotatable bonds is 6. The van der Waals surface area contributed by atoms with Gasteiger partial charge in [0.2, 0.25) is 5.91 Å². The van der Waals surface area contributed by atoms with Crippen LogP contribution in [-0.4, -0.2) is 48.3 Å². The molecule has 7 heteroatoms. The second-order valence-corrected chi connectivity index (χ2v) is 8.49. The summed E-state index contributed by atoms with van der Waals surface area (Å²) in [6.07, 6.45) is 3.80. The zero-order valence-electron chi connectivity index (χ0n) is 17.5. The summed E-state index contributed by atoms with van der Waals surface area (Å²) in [7, 11) is 1.48. The summed E-state index contributed by atoms with van der Waals surface area (Å²) in [5.41, 5.74) is 0.834. The number of ether oxygens (including phenoxy) is 2. The Labute approximate surface area is 172 Å². The molecule has 0 atom stereocenters. The van der Waals surface area contributed by atoms with Crippen LogP contribution in [-0.2, 0) is 16.1 Å². The van der Waals surface area contributed by atoms with E-state index in [9.17, 15) is 14.7 Å². The van der Waals surface area contributed by atoms with Gasteiger partial charge in [0.15, 0.2) is 11.5 Å². The zero-order chi connectivity index (χ0) is 21.0. The predicted molar refractivity (Wildman–Crippen MR) is 109 cm³/mol. The molecular formula is C22H32N2O5. The van der Waals surface area contributed by atoms with Crippen LogP contribution in [0.15, 0.2) is 18.2 Å². The molecule has 0 radical (unpaired) electrons. The van der Waals surface area contributed by atoms with Gasteiger partial charge in [-0.15, -0.1) is 0 Å². The Morgan fingerprint density at radius 3 is 2.52 bits per heavy atom. The quantitative estimate of drug-likeness (QED) is 0.760. The second kappa shape index (κ2) is 9.37. The van der Waals surface area contributed by atoms with E-state index in [1.807, 2.05) is 0 Å². The lowest BCUT2D eigenvalue weighted by Crippen LogP contribution is -2.56. The number of nitrogens with one attached hydrogen (secondary N) is 1. The van der Waals surface area contributed by atoms with E-state index in [1.54, 1.807) is 17.0 Å². The number of carbonyl (C=O) groups is 2. The van der Waals surface area contributed by atoms with Gasteiger partial charge in [-0.25, -0.2) is 4.79 Å². The van der Waals surface area contributed by atoms with E-state index < -0.39 is 0 Å². The van der Waals surface area contributed by atoms with Crippen LogP contribution < -0.4 is 10.1 Å². The molecule has 1 saturated heterocycles. The number of likely N-dealkylation sites (tertiary alicyclic amines) is 1. The molecular weight excluding hydrogens is 372 g/mol. The van der Waals surface area contributed by atoms with Gasteiger partial charge < -0.3 is 24.8 Å². The summed E-state index contributed by atoms with van der Waals surface area (Å²) >= 11 is 0. The van der Waals surface area contributed by atoms with E-state index in [-0.39, 0.29) is 29.8 Å². The molecule has 0 aromatic heterocycles. The lowest BCUT2D eigenvalue weighted by molar-refractivity contribution is -0.129. The molecule has 1 aliphatic carbocycles. The molecule has 0 bridgehead atoms. The van der Waals surface area contributed by atoms with E-state index >= 15 is 0 Å². The number of aromatic hydroxyl groups is 1. The highest BCUT2D eigenvalue weighted by atomic mass is 16.6. The summed E-state index contributed by atoms with van der Waals surface area (Å²) in [5, 5.41) is 12.5. The number of hydrogen-bond donors (Lipinski definition) is 2. The first kappa shape index (κ1) is 21.3. The maximum atomic E-state index is 12.3. The topological polar surface area (TPSA) is 88.1 Å². The van der Waals surface area contributed by atoms with Gasteiger partial charge in [-0.05, 0) is 55.2 Å². The van der Waals surface area contributed by atoms with E-state index in [0.717, 1.165) is 37.2 Å². The molecule has 1 aliphatic heterocycles. The van der Waals surface area contributed by atoms with Crippen LogP contribution in [0.5, 0.6) is 11.5 Å². The maximum absolute atomic E-state index is 12.3. The van der Waals surface area contributed by atoms with Gasteiger partial charge in [0.25, 0.3) is 0 Å². The predicted octanol–water partition coefficient (Wildman–Crippen LogP) is 3.30. The Morgan fingerprint density at radius 1 is 1.21 bits per heavy atom. The molecule has 0 spiro atoms. The van der Waals surface area contributed by atoms with Crippen molar-refractivity contribution < 1.29 is 24.2 Å². The van der Waals surface area contributed by atoms with Gasteiger partial charge >= 0.3 is 6.09 Å². The minimum absolute atomic E-state index is 0.00912. The Balaban J connectivity index is 1.37. The molecule has 2 amide bonds. The third kappa shape index (κ3) is 5.34. The van der Waals surface area contributed by atoms with Crippen LogP contribution in [0.2, 0.25) is 0 Å². The first-order chi connectivity index (χ1) is 13.9. The highest BCUT2D eigenvalue weighted by molar-refractivity contribution is 5.82. The van der Waals surface area contributed by atoms with Crippen LogP contribution in [0.1, 0.15) is 45.1 Å². The largest absolute Gasteiger partial charge is 0.504 e. The Hall–Kier alpha value is -2.44. The molecule has 0 unspecified atom stereocenters. The fraction of sp³-hybridized carbons (Fsp3) is 0.636. The third-order valence-corrected chi connectivity index (χ3v) is 6.15. The smallest absolute Gasteiger partial charge is 0.410 e. The molecule has 1 aromatic rings. The summed E-state index contributed by atoms with van der Waals surface area (Å²) in [6.45, 7) is 5.63. The van der Waals surface area contributed by atoms with Gasteiger partial charge in [0.1, 0.15) is 6.10 Å². The standard InChI is InChI=1S/C22H32N2O5/c1-14(2)16-5-7-18(8-6-16)29-22(27)24-12-17(13-24)21(26)23-11-15-4-9-19(25)20(10-15)28-3/h4,9-10,14,16-18,25H,5-8,11-13H2,1-3H3,(H,23,26)/t16-,18+. The molecule has 1 heterocycles. The van der Waals surface area contributed by atoms with Crippen molar-refractivity contribution in [1.82, 2.24) is 10.2 Å². The minimum Gasteiger partial charge on any atom is -0.504 e. The van der Waals surface area contributed by atoms with E-state index in [2.05, 4.69) is 19.2 Å². The van der Waals surface area contributed by atoms with Crippen molar-refractivity contribution >= 4 is 12.0 Å². The minimum atomic E-state index is -0.301. The van der Waals surface area contributed by atoms with E-state index in [0.29, 0.717) is 31.3 Å². The summed E-state index contributed by atoms with van der Waals surface area (Å²) in [5.74, 6) is 1.56. The molecule has 3 rings (SSSR count). The van der Waals surface area contributed by atoms with Gasteiger partial charge in [-0.1, -0.05) is 19.9 Å².